The van der Waals surface area contributed by atoms with E-state index >= 15 is 0 Å². The summed E-state index contributed by atoms with van der Waals surface area (Å²) in [5, 5.41) is 3.58. The summed E-state index contributed by atoms with van der Waals surface area (Å²) in [6.07, 6.45) is 4.04. The van der Waals surface area contributed by atoms with Crippen LogP contribution >= 0.6 is 0 Å². The molecule has 0 spiro atoms. The molecule has 1 N–H and O–H groups in total. The van der Waals surface area contributed by atoms with Crippen LogP contribution in [0.3, 0.4) is 0 Å². The summed E-state index contributed by atoms with van der Waals surface area (Å²) in [4.78, 5) is 4.14. The van der Waals surface area contributed by atoms with Crippen LogP contribution in [-0.4, -0.2) is 18.6 Å². The maximum Gasteiger partial charge on any atom is 0.213 e. The van der Waals surface area contributed by atoms with Gasteiger partial charge in [-0.2, -0.15) is 0 Å². The van der Waals surface area contributed by atoms with Crippen molar-refractivity contribution in [2.24, 2.45) is 0 Å². The second-order valence-electron chi connectivity index (χ2n) is 5.12. The lowest BCUT2D eigenvalue weighted by molar-refractivity contribution is 0.398. The average molecular weight is 284 g/mol. The number of methoxy groups -OCH3 is 1. The molecule has 0 saturated heterocycles. The molecule has 1 heterocycles. The zero-order valence-electron chi connectivity index (χ0n) is 13.1. The summed E-state index contributed by atoms with van der Waals surface area (Å²) in [7, 11) is 1.64. The summed E-state index contributed by atoms with van der Waals surface area (Å²) in [5.41, 5.74) is 3.66. The normalized spacial score (nSPS) is 12.1. The van der Waals surface area contributed by atoms with Gasteiger partial charge in [-0.15, -0.1) is 0 Å². The van der Waals surface area contributed by atoms with Crippen molar-refractivity contribution in [3.05, 3.63) is 48.2 Å². The highest BCUT2D eigenvalue weighted by Crippen LogP contribution is 2.25. The molecular formula is C18H24N2O. The van der Waals surface area contributed by atoms with Gasteiger partial charge in [-0.05, 0) is 42.1 Å². The van der Waals surface area contributed by atoms with Crippen molar-refractivity contribution in [1.82, 2.24) is 10.3 Å². The molecule has 2 aromatic rings. The summed E-state index contributed by atoms with van der Waals surface area (Å²) in [6.45, 7) is 5.47. The molecule has 21 heavy (non-hydrogen) atoms. The van der Waals surface area contributed by atoms with Gasteiger partial charge in [-0.3, -0.25) is 0 Å². The molecule has 0 radical (unpaired) electrons. The van der Waals surface area contributed by atoms with Gasteiger partial charge in [0, 0.05) is 18.3 Å². The Kier molecular flexibility index (Phi) is 5.76. The molecule has 0 bridgehead atoms. The first kappa shape index (κ1) is 15.5. The zero-order chi connectivity index (χ0) is 15.1. The molecule has 0 saturated carbocycles. The molecule has 0 aliphatic rings. The van der Waals surface area contributed by atoms with Crippen molar-refractivity contribution in [3.63, 3.8) is 0 Å². The summed E-state index contributed by atoms with van der Waals surface area (Å²) >= 11 is 0. The lowest BCUT2D eigenvalue weighted by Gasteiger charge is -2.17. The first-order valence-corrected chi connectivity index (χ1v) is 7.62. The van der Waals surface area contributed by atoms with Crippen LogP contribution in [0.1, 0.15) is 38.3 Å². The number of pyridine rings is 1. The van der Waals surface area contributed by atoms with Crippen LogP contribution in [0.4, 0.5) is 0 Å². The van der Waals surface area contributed by atoms with Crippen LogP contribution in [0.25, 0.3) is 11.1 Å². The maximum absolute atomic E-state index is 5.18. The van der Waals surface area contributed by atoms with E-state index in [1.54, 1.807) is 13.3 Å². The third-order valence-corrected chi connectivity index (χ3v) is 3.64. The number of benzene rings is 1. The minimum Gasteiger partial charge on any atom is -0.481 e. The fourth-order valence-corrected chi connectivity index (χ4v) is 2.42. The number of aromatic nitrogens is 1. The van der Waals surface area contributed by atoms with Gasteiger partial charge in [0.05, 0.1) is 7.11 Å². The Labute approximate surface area is 127 Å². The Bertz CT molecular complexity index is 551. The fraction of sp³-hybridized carbons (Fsp3) is 0.389. The van der Waals surface area contributed by atoms with E-state index in [1.807, 2.05) is 12.1 Å². The standard InChI is InChI=1S/C18H24N2O/c1-4-11-19-17(5-2)15-8-6-14(7-9-15)16-10-12-20-18(13-16)21-3/h6-10,12-13,17,19H,4-5,11H2,1-3H3. The average Bonchev–Trinajstić information content (AvgIpc) is 2.56. The summed E-state index contributed by atoms with van der Waals surface area (Å²) in [6, 6.07) is 13.1. The van der Waals surface area contributed by atoms with Crippen LogP contribution in [0.15, 0.2) is 42.6 Å². The van der Waals surface area contributed by atoms with E-state index in [0.29, 0.717) is 11.9 Å². The highest BCUT2D eigenvalue weighted by Gasteiger charge is 2.08. The van der Waals surface area contributed by atoms with Crippen molar-refractivity contribution in [2.45, 2.75) is 32.7 Å². The third kappa shape index (κ3) is 4.05. The van der Waals surface area contributed by atoms with E-state index in [-0.39, 0.29) is 0 Å². The van der Waals surface area contributed by atoms with Gasteiger partial charge in [0.2, 0.25) is 5.88 Å². The van der Waals surface area contributed by atoms with Crippen molar-refractivity contribution >= 4 is 0 Å². The molecule has 3 nitrogen and oxygen atoms in total. The van der Waals surface area contributed by atoms with Crippen molar-refractivity contribution in [2.75, 3.05) is 13.7 Å². The minimum atomic E-state index is 0.436. The Morgan fingerprint density at radius 3 is 2.48 bits per heavy atom. The number of hydrogen-bond donors (Lipinski definition) is 1. The lowest BCUT2D eigenvalue weighted by Crippen LogP contribution is -2.21. The molecular weight excluding hydrogens is 260 g/mol. The molecule has 2 rings (SSSR count). The second-order valence-corrected chi connectivity index (χ2v) is 5.12. The van der Waals surface area contributed by atoms with E-state index < -0.39 is 0 Å². The largest absolute Gasteiger partial charge is 0.481 e. The van der Waals surface area contributed by atoms with Gasteiger partial charge in [-0.25, -0.2) is 4.98 Å². The van der Waals surface area contributed by atoms with Crippen LogP contribution in [0.5, 0.6) is 5.88 Å². The van der Waals surface area contributed by atoms with Crippen molar-refractivity contribution in [1.29, 1.82) is 0 Å². The molecule has 0 aliphatic carbocycles. The quantitative estimate of drug-likeness (QED) is 0.827. The fourth-order valence-electron chi connectivity index (χ4n) is 2.42. The predicted molar refractivity (Wildman–Crippen MR) is 87.6 cm³/mol. The van der Waals surface area contributed by atoms with E-state index in [1.165, 1.54) is 11.1 Å². The van der Waals surface area contributed by atoms with Crippen LogP contribution in [0.2, 0.25) is 0 Å². The Balaban J connectivity index is 2.17. The number of nitrogens with zero attached hydrogens (tertiary/aromatic N) is 1. The number of ether oxygens (including phenoxy) is 1. The van der Waals surface area contributed by atoms with Gasteiger partial charge < -0.3 is 10.1 Å². The van der Waals surface area contributed by atoms with E-state index in [0.717, 1.165) is 24.9 Å². The molecule has 0 amide bonds. The van der Waals surface area contributed by atoms with Crippen molar-refractivity contribution in [3.8, 4) is 17.0 Å². The SMILES string of the molecule is CCCNC(CC)c1ccc(-c2ccnc(OC)c2)cc1. The second kappa shape index (κ2) is 7.79. The zero-order valence-corrected chi connectivity index (χ0v) is 13.1. The molecule has 1 atom stereocenters. The van der Waals surface area contributed by atoms with E-state index in [2.05, 4.69) is 48.4 Å². The monoisotopic (exact) mass is 284 g/mol. The van der Waals surface area contributed by atoms with Crippen molar-refractivity contribution < 1.29 is 4.74 Å². The Morgan fingerprint density at radius 2 is 1.86 bits per heavy atom. The summed E-state index contributed by atoms with van der Waals surface area (Å²) < 4.78 is 5.18. The maximum atomic E-state index is 5.18. The van der Waals surface area contributed by atoms with Crippen LogP contribution in [0, 0.1) is 0 Å². The van der Waals surface area contributed by atoms with Crippen LogP contribution < -0.4 is 10.1 Å². The minimum absolute atomic E-state index is 0.436. The van der Waals surface area contributed by atoms with Gasteiger partial charge in [0.15, 0.2) is 0 Å². The number of nitrogens with one attached hydrogen (secondary N) is 1. The molecule has 3 heteroatoms. The number of rotatable bonds is 7. The molecule has 1 aromatic carbocycles. The van der Waals surface area contributed by atoms with E-state index in [4.69, 9.17) is 4.74 Å². The molecule has 112 valence electrons. The predicted octanol–water partition coefficient (Wildman–Crippen LogP) is 4.21. The summed E-state index contributed by atoms with van der Waals surface area (Å²) in [5.74, 6) is 0.646. The first-order valence-electron chi connectivity index (χ1n) is 7.62. The smallest absolute Gasteiger partial charge is 0.213 e. The van der Waals surface area contributed by atoms with Crippen LogP contribution in [-0.2, 0) is 0 Å². The molecule has 0 fully saturated rings. The first-order chi connectivity index (χ1) is 10.3. The molecule has 1 unspecified atom stereocenters. The Morgan fingerprint density at radius 1 is 1.10 bits per heavy atom. The molecule has 1 aromatic heterocycles. The topological polar surface area (TPSA) is 34.2 Å². The van der Waals surface area contributed by atoms with Gasteiger partial charge >= 0.3 is 0 Å². The third-order valence-electron chi connectivity index (χ3n) is 3.64. The Hall–Kier alpha value is -1.87. The number of hydrogen-bond acceptors (Lipinski definition) is 3. The van der Waals surface area contributed by atoms with E-state index in [9.17, 15) is 0 Å². The lowest BCUT2D eigenvalue weighted by atomic mass is 10.00. The van der Waals surface area contributed by atoms with Gasteiger partial charge in [-0.1, -0.05) is 38.1 Å². The van der Waals surface area contributed by atoms with Gasteiger partial charge in [0.1, 0.15) is 0 Å². The highest BCUT2D eigenvalue weighted by molar-refractivity contribution is 5.64. The molecule has 0 aliphatic heterocycles. The highest BCUT2D eigenvalue weighted by atomic mass is 16.5. The van der Waals surface area contributed by atoms with Gasteiger partial charge in [0.25, 0.3) is 0 Å².